The molecular formula is C38H36ClN5O4. The van der Waals surface area contributed by atoms with Crippen LogP contribution in [-0.4, -0.2) is 51.9 Å². The number of carbonyl (C=O) groups excluding carboxylic acids is 2. The molecule has 7 rings (SSSR count). The average molecular weight is 662 g/mol. The maximum atomic E-state index is 13.6. The fraction of sp³-hybridized carbons (Fsp3) is 0.263. The number of halogens is 1. The van der Waals surface area contributed by atoms with Crippen LogP contribution < -0.4 is 15.6 Å². The molecule has 4 heterocycles. The molecule has 1 N–H and O–H groups in total. The molecule has 0 spiro atoms. The van der Waals surface area contributed by atoms with Gasteiger partial charge in [-0.15, -0.1) is 0 Å². The molecule has 2 amide bonds. The van der Waals surface area contributed by atoms with E-state index in [0.29, 0.717) is 35.4 Å². The zero-order chi connectivity index (χ0) is 33.0. The lowest BCUT2D eigenvalue weighted by Crippen LogP contribution is -2.37. The largest absolute Gasteiger partial charge is 0.451 e. The molecule has 3 aromatic carbocycles. The van der Waals surface area contributed by atoms with E-state index >= 15 is 0 Å². The molecule has 10 heteroatoms. The monoisotopic (exact) mass is 661 g/mol. The Labute approximate surface area is 283 Å². The Balaban J connectivity index is 1.08. The summed E-state index contributed by atoms with van der Waals surface area (Å²) in [5.74, 6) is -0.262. The maximum Gasteiger partial charge on any atom is 0.287 e. The van der Waals surface area contributed by atoms with Crippen LogP contribution in [0.5, 0.6) is 0 Å². The number of imidazole rings is 1. The average Bonchev–Trinajstić information content (AvgIpc) is 3.79. The highest BCUT2D eigenvalue weighted by Crippen LogP contribution is 2.29. The van der Waals surface area contributed by atoms with Gasteiger partial charge >= 0.3 is 0 Å². The van der Waals surface area contributed by atoms with Crippen molar-refractivity contribution in [3.05, 3.63) is 135 Å². The van der Waals surface area contributed by atoms with Crippen LogP contribution in [0.25, 0.3) is 16.7 Å². The fourth-order valence-electron chi connectivity index (χ4n) is 6.61. The summed E-state index contributed by atoms with van der Waals surface area (Å²) in [7, 11) is 0. The number of rotatable bonds is 9. The number of hydrogen-bond donors (Lipinski definition) is 1. The molecule has 48 heavy (non-hydrogen) atoms. The van der Waals surface area contributed by atoms with E-state index in [-0.39, 0.29) is 23.1 Å². The molecule has 2 aliphatic heterocycles. The lowest BCUT2D eigenvalue weighted by atomic mass is 9.97. The molecule has 0 saturated carbocycles. The summed E-state index contributed by atoms with van der Waals surface area (Å²) in [6, 6.07) is 22.1. The topological polar surface area (TPSA) is 101 Å². The molecule has 2 aliphatic rings. The van der Waals surface area contributed by atoms with Crippen LogP contribution in [0.4, 0.5) is 5.69 Å². The first-order valence-electron chi connectivity index (χ1n) is 16.3. The molecule has 0 aliphatic carbocycles. The number of amides is 2. The van der Waals surface area contributed by atoms with Gasteiger partial charge in [-0.05, 0) is 73.2 Å². The van der Waals surface area contributed by atoms with Gasteiger partial charge in [0.15, 0.2) is 11.2 Å². The summed E-state index contributed by atoms with van der Waals surface area (Å²) in [4.78, 5) is 47.4. The molecule has 2 saturated heterocycles. The lowest BCUT2D eigenvalue weighted by molar-refractivity contribution is -0.128. The van der Waals surface area contributed by atoms with Crippen LogP contribution in [-0.2, 0) is 17.8 Å². The Morgan fingerprint density at radius 2 is 1.79 bits per heavy atom. The highest BCUT2D eigenvalue weighted by Gasteiger charge is 2.24. The quantitative estimate of drug-likeness (QED) is 0.186. The summed E-state index contributed by atoms with van der Waals surface area (Å²) in [5.41, 5.74) is 5.44. The molecule has 0 radical (unpaired) electrons. The second-order valence-corrected chi connectivity index (χ2v) is 12.8. The second-order valence-electron chi connectivity index (χ2n) is 12.4. The Kier molecular flexibility index (Phi) is 9.12. The van der Waals surface area contributed by atoms with E-state index in [1.807, 2.05) is 41.3 Å². The summed E-state index contributed by atoms with van der Waals surface area (Å²) in [6.45, 7) is 3.12. The normalized spacial score (nSPS) is 15.6. The molecule has 5 aromatic rings. The Morgan fingerprint density at radius 3 is 2.54 bits per heavy atom. The van der Waals surface area contributed by atoms with E-state index < -0.39 is 5.91 Å². The van der Waals surface area contributed by atoms with Crippen LogP contribution in [0.15, 0.2) is 112 Å². The number of aromatic nitrogens is 2. The SMILES string of the molecule is O=C(N[C@@H](C=C1CCN(c2ccccc2CN2CCCC2=O)CC1)Cc1ccc(Cl)cc1)c1cc(=O)c2cc(-n3ccnc3)ccc2o1. The first kappa shape index (κ1) is 31.4. The third-order valence-corrected chi connectivity index (χ3v) is 9.38. The fourth-order valence-corrected chi connectivity index (χ4v) is 6.74. The standard InChI is InChI=1S/C38H36ClN5O4/c39-29-9-7-26(8-10-29)20-30(41-38(47)36-23-34(45)32-22-31(11-12-35(32)48-36)44-19-15-40-25-44)21-27-13-17-42(18-14-27)33-5-2-1-4-28(33)24-43-16-3-6-37(43)46/h1-2,4-5,7-12,15,19,21-23,25,30H,3,6,13-14,16-18,20,24H2,(H,41,47)/t30-/m1/s1. The smallest absolute Gasteiger partial charge is 0.287 e. The zero-order valence-corrected chi connectivity index (χ0v) is 27.2. The van der Waals surface area contributed by atoms with Gasteiger partial charge in [-0.1, -0.05) is 53.6 Å². The van der Waals surface area contributed by atoms with Crippen molar-refractivity contribution in [3.63, 3.8) is 0 Å². The lowest BCUT2D eigenvalue weighted by Gasteiger charge is -2.33. The third kappa shape index (κ3) is 7.06. The number of piperidine rings is 1. The summed E-state index contributed by atoms with van der Waals surface area (Å²) in [6.07, 6.45) is 11.1. The van der Waals surface area contributed by atoms with Crippen molar-refractivity contribution in [3.8, 4) is 5.69 Å². The van der Waals surface area contributed by atoms with Crippen LogP contribution in [0.1, 0.15) is 47.4 Å². The van der Waals surface area contributed by atoms with Crippen LogP contribution in [0.3, 0.4) is 0 Å². The molecule has 244 valence electrons. The minimum atomic E-state index is -0.452. The van der Waals surface area contributed by atoms with Gasteiger partial charge in [0.1, 0.15) is 5.58 Å². The highest BCUT2D eigenvalue weighted by atomic mass is 35.5. The molecule has 9 nitrogen and oxygen atoms in total. The summed E-state index contributed by atoms with van der Waals surface area (Å²) < 4.78 is 7.76. The van der Waals surface area contributed by atoms with E-state index in [4.69, 9.17) is 16.0 Å². The number of carbonyl (C=O) groups is 2. The molecule has 0 bridgehead atoms. The molecule has 2 aromatic heterocycles. The second kappa shape index (κ2) is 13.9. The Morgan fingerprint density at radius 1 is 0.979 bits per heavy atom. The van der Waals surface area contributed by atoms with Crippen molar-refractivity contribution < 1.29 is 14.0 Å². The van der Waals surface area contributed by atoms with Crippen molar-refractivity contribution in [2.75, 3.05) is 24.5 Å². The van der Waals surface area contributed by atoms with Gasteiger partial charge in [0.25, 0.3) is 5.91 Å². The number of anilines is 1. The number of para-hydroxylation sites is 1. The highest BCUT2D eigenvalue weighted by molar-refractivity contribution is 6.30. The van der Waals surface area contributed by atoms with Gasteiger partial charge in [0.2, 0.25) is 5.91 Å². The van der Waals surface area contributed by atoms with E-state index in [1.54, 1.807) is 35.4 Å². The van der Waals surface area contributed by atoms with Gasteiger partial charge < -0.3 is 24.1 Å². The maximum absolute atomic E-state index is 13.6. The van der Waals surface area contributed by atoms with Gasteiger partial charge in [0.05, 0.1) is 17.8 Å². The predicted molar refractivity (Wildman–Crippen MR) is 187 cm³/mol. The molecule has 0 unspecified atom stereocenters. The van der Waals surface area contributed by atoms with Gasteiger partial charge in [-0.25, -0.2) is 4.98 Å². The van der Waals surface area contributed by atoms with E-state index in [0.717, 1.165) is 50.1 Å². The van der Waals surface area contributed by atoms with Crippen molar-refractivity contribution in [1.29, 1.82) is 0 Å². The van der Waals surface area contributed by atoms with Crippen molar-refractivity contribution in [1.82, 2.24) is 19.8 Å². The van der Waals surface area contributed by atoms with E-state index in [1.165, 1.54) is 22.9 Å². The van der Waals surface area contributed by atoms with Gasteiger partial charge in [-0.3, -0.25) is 14.4 Å². The van der Waals surface area contributed by atoms with Crippen molar-refractivity contribution in [2.45, 2.75) is 44.7 Å². The number of benzene rings is 3. The minimum Gasteiger partial charge on any atom is -0.451 e. The number of likely N-dealkylation sites (tertiary alicyclic amines) is 1. The minimum absolute atomic E-state index is 0.0368. The van der Waals surface area contributed by atoms with Crippen molar-refractivity contribution in [2.24, 2.45) is 0 Å². The van der Waals surface area contributed by atoms with E-state index in [9.17, 15) is 14.4 Å². The van der Waals surface area contributed by atoms with Crippen molar-refractivity contribution >= 4 is 40.1 Å². The first-order chi connectivity index (χ1) is 23.4. The molecular weight excluding hydrogens is 626 g/mol. The number of nitrogens with one attached hydrogen (secondary N) is 1. The number of nitrogens with zero attached hydrogens (tertiary/aromatic N) is 4. The Bertz CT molecular complexity index is 2030. The van der Waals surface area contributed by atoms with E-state index in [2.05, 4.69) is 39.5 Å². The van der Waals surface area contributed by atoms with Crippen LogP contribution in [0.2, 0.25) is 5.02 Å². The summed E-state index contributed by atoms with van der Waals surface area (Å²) >= 11 is 6.15. The molecule has 2 fully saturated rings. The number of hydrogen-bond acceptors (Lipinski definition) is 6. The predicted octanol–water partition coefficient (Wildman–Crippen LogP) is 6.32. The third-order valence-electron chi connectivity index (χ3n) is 9.13. The van der Waals surface area contributed by atoms with Crippen LogP contribution in [0, 0.1) is 0 Å². The summed E-state index contributed by atoms with van der Waals surface area (Å²) in [5, 5.41) is 4.16. The first-order valence-corrected chi connectivity index (χ1v) is 16.7. The van der Waals surface area contributed by atoms with Crippen LogP contribution >= 0.6 is 11.6 Å². The van der Waals surface area contributed by atoms with Gasteiger partial charge in [0, 0.05) is 67.5 Å². The number of fused-ring (bicyclic) bond motifs is 1. The molecule has 1 atom stereocenters. The zero-order valence-electron chi connectivity index (χ0n) is 26.5. The van der Waals surface area contributed by atoms with Gasteiger partial charge in [-0.2, -0.15) is 0 Å². The Hall–Kier alpha value is -5.15.